The predicted octanol–water partition coefficient (Wildman–Crippen LogP) is 4.08. The first-order valence-electron chi connectivity index (χ1n) is 8.06. The van der Waals surface area contributed by atoms with Crippen LogP contribution in [-0.4, -0.2) is 30.8 Å². The van der Waals surface area contributed by atoms with Crippen LogP contribution >= 0.6 is 11.8 Å². The maximum Gasteiger partial charge on any atom is 0.416 e. The Labute approximate surface area is 159 Å². The average molecular weight is 397 g/mol. The van der Waals surface area contributed by atoms with E-state index >= 15 is 0 Å². The van der Waals surface area contributed by atoms with Gasteiger partial charge in [-0.3, -0.25) is 4.79 Å². The van der Waals surface area contributed by atoms with E-state index in [0.717, 1.165) is 29.2 Å². The molecule has 2 aromatic rings. The smallest absolute Gasteiger partial charge is 0.416 e. The number of amides is 1. The van der Waals surface area contributed by atoms with Crippen LogP contribution in [0.4, 0.5) is 13.2 Å². The van der Waals surface area contributed by atoms with Crippen molar-refractivity contribution in [2.75, 3.05) is 18.9 Å². The van der Waals surface area contributed by atoms with Crippen molar-refractivity contribution >= 4 is 23.6 Å². The second kappa shape index (κ2) is 9.45. The lowest BCUT2D eigenvalue weighted by Crippen LogP contribution is -2.30. The topological polar surface area (TPSA) is 55.4 Å². The molecule has 2 rings (SSSR count). The van der Waals surface area contributed by atoms with Crippen molar-refractivity contribution in [2.24, 2.45) is 0 Å². The number of hydrogen-bond acceptors (Lipinski definition) is 4. The molecule has 0 aliphatic carbocycles. The number of carbonyl (C=O) groups is 2. The zero-order valence-electron chi connectivity index (χ0n) is 14.5. The number of halogens is 3. The standard InChI is InChI=1S/C19H18F3NO3S/c1-13-2-8-16(9-3-13)27-11-10-23-17(24)12-26-18(25)14-4-6-15(7-5-14)19(20,21)22/h2-9H,10-12H2,1H3,(H,23,24). The number of rotatable bonds is 7. The number of carbonyl (C=O) groups excluding carboxylic acids is 2. The van der Waals surface area contributed by atoms with Gasteiger partial charge in [-0.15, -0.1) is 11.8 Å². The molecule has 0 atom stereocenters. The lowest BCUT2D eigenvalue weighted by atomic mass is 10.1. The van der Waals surface area contributed by atoms with Crippen molar-refractivity contribution in [1.82, 2.24) is 5.32 Å². The molecule has 27 heavy (non-hydrogen) atoms. The summed E-state index contributed by atoms with van der Waals surface area (Å²) in [6.45, 7) is 1.91. The van der Waals surface area contributed by atoms with E-state index in [1.54, 1.807) is 11.8 Å². The van der Waals surface area contributed by atoms with E-state index < -0.39 is 30.2 Å². The molecule has 0 aliphatic rings. The minimum Gasteiger partial charge on any atom is -0.452 e. The van der Waals surface area contributed by atoms with E-state index in [9.17, 15) is 22.8 Å². The van der Waals surface area contributed by atoms with E-state index in [-0.39, 0.29) is 5.56 Å². The average Bonchev–Trinajstić information content (AvgIpc) is 2.64. The fourth-order valence-electron chi connectivity index (χ4n) is 2.05. The third-order valence-corrected chi connectivity index (χ3v) is 4.51. The molecule has 0 spiro atoms. The summed E-state index contributed by atoms with van der Waals surface area (Å²) in [5.41, 5.74) is 0.260. The van der Waals surface area contributed by atoms with Gasteiger partial charge in [0, 0.05) is 17.2 Å². The van der Waals surface area contributed by atoms with Crippen molar-refractivity contribution in [3.63, 3.8) is 0 Å². The fourth-order valence-corrected chi connectivity index (χ4v) is 2.82. The molecule has 144 valence electrons. The van der Waals surface area contributed by atoms with Crippen LogP contribution in [0.25, 0.3) is 0 Å². The lowest BCUT2D eigenvalue weighted by molar-refractivity contribution is -0.137. The third kappa shape index (κ3) is 6.97. The van der Waals surface area contributed by atoms with Gasteiger partial charge in [0.25, 0.3) is 5.91 Å². The van der Waals surface area contributed by atoms with Gasteiger partial charge in [0.2, 0.25) is 0 Å². The first kappa shape index (κ1) is 20.8. The van der Waals surface area contributed by atoms with Crippen molar-refractivity contribution in [3.8, 4) is 0 Å². The van der Waals surface area contributed by atoms with Gasteiger partial charge in [-0.05, 0) is 43.3 Å². The van der Waals surface area contributed by atoms with Gasteiger partial charge < -0.3 is 10.1 Å². The summed E-state index contributed by atoms with van der Waals surface area (Å²) in [6.07, 6.45) is -4.47. The Morgan fingerprint density at radius 3 is 2.26 bits per heavy atom. The molecule has 0 bridgehead atoms. The van der Waals surface area contributed by atoms with Crippen LogP contribution in [0.3, 0.4) is 0 Å². The maximum atomic E-state index is 12.5. The summed E-state index contributed by atoms with van der Waals surface area (Å²) < 4.78 is 42.2. The van der Waals surface area contributed by atoms with Crippen LogP contribution in [0, 0.1) is 6.92 Å². The lowest BCUT2D eigenvalue weighted by Gasteiger charge is -2.08. The number of nitrogens with one attached hydrogen (secondary N) is 1. The van der Waals surface area contributed by atoms with Crippen LogP contribution in [0.15, 0.2) is 53.4 Å². The van der Waals surface area contributed by atoms with Gasteiger partial charge in [0.1, 0.15) is 0 Å². The van der Waals surface area contributed by atoms with Crippen molar-refractivity contribution in [1.29, 1.82) is 0 Å². The normalized spacial score (nSPS) is 11.1. The summed E-state index contributed by atoms with van der Waals surface area (Å²) in [6, 6.07) is 11.6. The van der Waals surface area contributed by atoms with E-state index in [1.165, 1.54) is 5.56 Å². The van der Waals surface area contributed by atoms with Crippen LogP contribution in [0.2, 0.25) is 0 Å². The highest BCUT2D eigenvalue weighted by atomic mass is 32.2. The Bertz CT molecular complexity index is 774. The molecule has 0 heterocycles. The predicted molar refractivity (Wildman–Crippen MR) is 96.6 cm³/mol. The molecule has 4 nitrogen and oxygen atoms in total. The number of ether oxygens (including phenoxy) is 1. The molecular formula is C19H18F3NO3S. The molecule has 0 aromatic heterocycles. The van der Waals surface area contributed by atoms with Gasteiger partial charge in [0.05, 0.1) is 11.1 Å². The Kier molecular flexibility index (Phi) is 7.29. The van der Waals surface area contributed by atoms with Gasteiger partial charge >= 0.3 is 12.1 Å². The van der Waals surface area contributed by atoms with Gasteiger partial charge in [-0.25, -0.2) is 4.79 Å². The molecule has 0 saturated heterocycles. The van der Waals surface area contributed by atoms with Crippen LogP contribution in [0.5, 0.6) is 0 Å². The first-order chi connectivity index (χ1) is 12.8. The second-order valence-corrected chi connectivity index (χ2v) is 6.83. The summed E-state index contributed by atoms with van der Waals surface area (Å²) in [5, 5.41) is 2.61. The molecule has 0 unspecified atom stereocenters. The zero-order chi connectivity index (χ0) is 19.9. The molecule has 0 aliphatic heterocycles. The third-order valence-electron chi connectivity index (χ3n) is 3.50. The highest BCUT2D eigenvalue weighted by Crippen LogP contribution is 2.29. The largest absolute Gasteiger partial charge is 0.452 e. The second-order valence-electron chi connectivity index (χ2n) is 5.66. The number of hydrogen-bond donors (Lipinski definition) is 1. The quantitative estimate of drug-likeness (QED) is 0.435. The molecule has 0 fully saturated rings. The number of benzene rings is 2. The summed E-state index contributed by atoms with van der Waals surface area (Å²) in [5.74, 6) is -0.672. The Hall–Kier alpha value is -2.48. The Morgan fingerprint density at radius 1 is 1.04 bits per heavy atom. The van der Waals surface area contributed by atoms with Crippen LogP contribution in [0.1, 0.15) is 21.5 Å². The molecule has 2 aromatic carbocycles. The van der Waals surface area contributed by atoms with Crippen LogP contribution in [-0.2, 0) is 15.7 Å². The molecule has 1 N–H and O–H groups in total. The van der Waals surface area contributed by atoms with Gasteiger partial charge in [-0.2, -0.15) is 13.2 Å². The first-order valence-corrected chi connectivity index (χ1v) is 9.05. The zero-order valence-corrected chi connectivity index (χ0v) is 15.3. The van der Waals surface area contributed by atoms with E-state index in [1.807, 2.05) is 31.2 Å². The summed E-state index contributed by atoms with van der Waals surface area (Å²) in [7, 11) is 0. The van der Waals surface area contributed by atoms with Crippen molar-refractivity contribution in [3.05, 3.63) is 65.2 Å². The molecule has 0 radical (unpaired) electrons. The molecule has 0 saturated carbocycles. The molecule has 8 heteroatoms. The highest BCUT2D eigenvalue weighted by molar-refractivity contribution is 7.99. The van der Waals surface area contributed by atoms with Crippen molar-refractivity contribution in [2.45, 2.75) is 18.0 Å². The van der Waals surface area contributed by atoms with E-state index in [2.05, 4.69) is 5.32 Å². The monoisotopic (exact) mass is 397 g/mol. The SMILES string of the molecule is Cc1ccc(SCCNC(=O)COC(=O)c2ccc(C(F)(F)F)cc2)cc1. The highest BCUT2D eigenvalue weighted by Gasteiger charge is 2.30. The van der Waals surface area contributed by atoms with Crippen LogP contribution < -0.4 is 5.32 Å². The van der Waals surface area contributed by atoms with E-state index in [4.69, 9.17) is 4.74 Å². The molecular weight excluding hydrogens is 379 g/mol. The van der Waals surface area contributed by atoms with Gasteiger partial charge in [0.15, 0.2) is 6.61 Å². The Balaban J connectivity index is 1.68. The minimum absolute atomic E-state index is 0.0503. The maximum absolute atomic E-state index is 12.5. The number of thioether (sulfide) groups is 1. The number of aryl methyl sites for hydroxylation is 1. The number of alkyl halides is 3. The van der Waals surface area contributed by atoms with Gasteiger partial charge in [-0.1, -0.05) is 17.7 Å². The summed E-state index contributed by atoms with van der Waals surface area (Å²) >= 11 is 1.58. The van der Waals surface area contributed by atoms with Crippen molar-refractivity contribution < 1.29 is 27.5 Å². The molecule has 1 amide bonds. The number of esters is 1. The minimum atomic E-state index is -4.47. The fraction of sp³-hybridized carbons (Fsp3) is 0.263. The van der Waals surface area contributed by atoms with E-state index in [0.29, 0.717) is 12.3 Å². The Morgan fingerprint density at radius 2 is 1.67 bits per heavy atom. The summed E-state index contributed by atoms with van der Waals surface area (Å²) in [4.78, 5) is 24.5.